The number of imidazole rings is 1. The molecule has 0 saturated heterocycles. The molecular formula is C7H12ClN3. The zero-order valence-corrected chi connectivity index (χ0v) is 7.08. The lowest BCUT2D eigenvalue weighted by Gasteiger charge is -1.93. The summed E-state index contributed by atoms with van der Waals surface area (Å²) in [5, 5.41) is 3.32. The Morgan fingerprint density at radius 2 is 2.09 bits per heavy atom. The van der Waals surface area contributed by atoms with Crippen LogP contribution >= 0.6 is 12.4 Å². The molecule has 0 aromatic carbocycles. The molecule has 62 valence electrons. The van der Waals surface area contributed by atoms with Crippen molar-refractivity contribution in [2.75, 3.05) is 13.1 Å². The van der Waals surface area contributed by atoms with E-state index in [0.717, 1.165) is 25.9 Å². The maximum absolute atomic E-state index is 4.22. The summed E-state index contributed by atoms with van der Waals surface area (Å²) in [6.07, 6.45) is 3.95. The molecule has 2 rings (SSSR count). The van der Waals surface area contributed by atoms with Crippen molar-refractivity contribution in [2.45, 2.75) is 12.8 Å². The van der Waals surface area contributed by atoms with E-state index < -0.39 is 0 Å². The summed E-state index contributed by atoms with van der Waals surface area (Å²) in [6.45, 7) is 2.15. The predicted octanol–water partition coefficient (Wildman–Crippen LogP) is 0.520. The molecule has 0 unspecified atom stereocenters. The summed E-state index contributed by atoms with van der Waals surface area (Å²) in [6, 6.07) is 0. The molecular weight excluding hydrogens is 162 g/mol. The molecule has 4 heteroatoms. The van der Waals surface area contributed by atoms with E-state index in [2.05, 4.69) is 15.3 Å². The van der Waals surface area contributed by atoms with Crippen LogP contribution in [0.1, 0.15) is 11.4 Å². The Balaban J connectivity index is 0.000000605. The van der Waals surface area contributed by atoms with E-state index in [-0.39, 0.29) is 12.4 Å². The molecule has 0 aliphatic carbocycles. The Morgan fingerprint density at radius 1 is 1.27 bits per heavy atom. The second-order valence-electron chi connectivity index (χ2n) is 2.58. The van der Waals surface area contributed by atoms with Gasteiger partial charge in [-0.15, -0.1) is 12.4 Å². The molecule has 1 aliphatic heterocycles. The van der Waals surface area contributed by atoms with Crippen LogP contribution in [0.5, 0.6) is 0 Å². The van der Waals surface area contributed by atoms with Crippen molar-refractivity contribution in [1.29, 1.82) is 0 Å². The van der Waals surface area contributed by atoms with Gasteiger partial charge in [-0.05, 0) is 0 Å². The smallest absolute Gasteiger partial charge is 0.0925 e. The van der Waals surface area contributed by atoms with Crippen molar-refractivity contribution in [3.63, 3.8) is 0 Å². The second kappa shape index (κ2) is 3.74. The number of aromatic nitrogens is 2. The van der Waals surface area contributed by atoms with Gasteiger partial charge < -0.3 is 10.3 Å². The summed E-state index contributed by atoms with van der Waals surface area (Å²) in [5.74, 6) is 0. The third-order valence-electron chi connectivity index (χ3n) is 1.90. The van der Waals surface area contributed by atoms with E-state index in [4.69, 9.17) is 0 Å². The highest BCUT2D eigenvalue weighted by Gasteiger charge is 2.07. The molecule has 0 fully saturated rings. The van der Waals surface area contributed by atoms with Gasteiger partial charge in [0.05, 0.1) is 12.0 Å². The average molecular weight is 174 g/mol. The number of hydrogen-bond donors (Lipinski definition) is 2. The topological polar surface area (TPSA) is 40.7 Å². The van der Waals surface area contributed by atoms with Gasteiger partial charge >= 0.3 is 0 Å². The summed E-state index contributed by atoms with van der Waals surface area (Å²) in [7, 11) is 0. The lowest BCUT2D eigenvalue weighted by molar-refractivity contribution is 0.703. The zero-order chi connectivity index (χ0) is 6.81. The van der Waals surface area contributed by atoms with Crippen LogP contribution in [0.3, 0.4) is 0 Å². The number of rotatable bonds is 0. The van der Waals surface area contributed by atoms with E-state index in [0.29, 0.717) is 0 Å². The third kappa shape index (κ3) is 1.73. The van der Waals surface area contributed by atoms with Gasteiger partial charge in [-0.2, -0.15) is 0 Å². The fraction of sp³-hybridized carbons (Fsp3) is 0.571. The monoisotopic (exact) mass is 173 g/mol. The molecule has 2 N–H and O–H groups in total. The van der Waals surface area contributed by atoms with E-state index in [1.54, 1.807) is 6.33 Å². The van der Waals surface area contributed by atoms with Gasteiger partial charge in [0.1, 0.15) is 0 Å². The molecule has 1 aromatic rings. The van der Waals surface area contributed by atoms with Gasteiger partial charge in [-0.1, -0.05) is 0 Å². The first-order chi connectivity index (χ1) is 4.97. The third-order valence-corrected chi connectivity index (χ3v) is 1.90. The van der Waals surface area contributed by atoms with Crippen molar-refractivity contribution in [2.24, 2.45) is 0 Å². The summed E-state index contributed by atoms with van der Waals surface area (Å²) < 4.78 is 0. The molecule has 2 heterocycles. The minimum absolute atomic E-state index is 0. The summed E-state index contributed by atoms with van der Waals surface area (Å²) in [5.41, 5.74) is 2.55. The van der Waals surface area contributed by atoms with Crippen LogP contribution in [0.25, 0.3) is 0 Å². The molecule has 0 spiro atoms. The minimum Gasteiger partial charge on any atom is -0.348 e. The van der Waals surface area contributed by atoms with Gasteiger partial charge in [0.2, 0.25) is 0 Å². The standard InChI is InChI=1S/C7H11N3.ClH/c1-3-8-4-2-7-6(1)9-5-10-7;/h5,8H,1-4H2,(H,9,10);1H. The van der Waals surface area contributed by atoms with Crippen LogP contribution in [0.4, 0.5) is 0 Å². The Kier molecular flexibility index (Phi) is 2.91. The van der Waals surface area contributed by atoms with Gasteiger partial charge in [-0.3, -0.25) is 0 Å². The normalized spacial score (nSPS) is 16.4. The largest absolute Gasteiger partial charge is 0.348 e. The van der Waals surface area contributed by atoms with Gasteiger partial charge in [0, 0.05) is 31.6 Å². The Hall–Kier alpha value is -0.540. The molecule has 0 amide bonds. The molecule has 0 saturated carbocycles. The second-order valence-corrected chi connectivity index (χ2v) is 2.58. The summed E-state index contributed by atoms with van der Waals surface area (Å²) >= 11 is 0. The maximum Gasteiger partial charge on any atom is 0.0925 e. The van der Waals surface area contributed by atoms with Crippen molar-refractivity contribution in [3.8, 4) is 0 Å². The Labute approximate surface area is 72.0 Å². The summed E-state index contributed by atoms with van der Waals surface area (Å²) in [4.78, 5) is 7.37. The quantitative estimate of drug-likeness (QED) is 0.601. The first-order valence-electron chi connectivity index (χ1n) is 3.68. The van der Waals surface area contributed by atoms with Crippen molar-refractivity contribution in [3.05, 3.63) is 17.7 Å². The molecule has 0 atom stereocenters. The van der Waals surface area contributed by atoms with E-state index >= 15 is 0 Å². The zero-order valence-electron chi connectivity index (χ0n) is 6.26. The fourth-order valence-corrected chi connectivity index (χ4v) is 1.33. The first-order valence-corrected chi connectivity index (χ1v) is 3.68. The minimum atomic E-state index is 0. The lowest BCUT2D eigenvalue weighted by atomic mass is 10.2. The molecule has 3 nitrogen and oxygen atoms in total. The van der Waals surface area contributed by atoms with E-state index in [1.165, 1.54) is 11.4 Å². The van der Waals surface area contributed by atoms with Crippen LogP contribution < -0.4 is 5.32 Å². The molecule has 1 aliphatic rings. The van der Waals surface area contributed by atoms with E-state index in [9.17, 15) is 0 Å². The molecule has 11 heavy (non-hydrogen) atoms. The average Bonchev–Trinajstić information content (AvgIpc) is 2.28. The van der Waals surface area contributed by atoms with Crippen LogP contribution in [0.2, 0.25) is 0 Å². The SMILES string of the molecule is Cl.c1nc2c([nH]1)CCNCC2. The highest BCUT2D eigenvalue weighted by atomic mass is 35.5. The number of nitrogens with one attached hydrogen (secondary N) is 2. The van der Waals surface area contributed by atoms with Gasteiger partial charge in [0.25, 0.3) is 0 Å². The number of fused-ring (bicyclic) bond motifs is 1. The first kappa shape index (κ1) is 8.56. The van der Waals surface area contributed by atoms with Crippen LogP contribution in [-0.2, 0) is 12.8 Å². The van der Waals surface area contributed by atoms with Gasteiger partial charge in [0.15, 0.2) is 0 Å². The Bertz CT molecular complexity index is 201. The van der Waals surface area contributed by atoms with Crippen molar-refractivity contribution in [1.82, 2.24) is 15.3 Å². The van der Waals surface area contributed by atoms with Crippen LogP contribution in [0, 0.1) is 0 Å². The maximum atomic E-state index is 4.22. The van der Waals surface area contributed by atoms with Crippen LogP contribution in [0.15, 0.2) is 6.33 Å². The number of hydrogen-bond acceptors (Lipinski definition) is 2. The highest BCUT2D eigenvalue weighted by molar-refractivity contribution is 5.85. The number of nitrogens with zero attached hydrogens (tertiary/aromatic N) is 1. The van der Waals surface area contributed by atoms with Crippen molar-refractivity contribution >= 4 is 12.4 Å². The number of H-pyrrole nitrogens is 1. The Morgan fingerprint density at radius 3 is 3.00 bits per heavy atom. The molecule has 0 bridgehead atoms. The van der Waals surface area contributed by atoms with Gasteiger partial charge in [-0.25, -0.2) is 4.98 Å². The highest BCUT2D eigenvalue weighted by Crippen LogP contribution is 2.05. The van der Waals surface area contributed by atoms with E-state index in [1.807, 2.05) is 0 Å². The lowest BCUT2D eigenvalue weighted by Crippen LogP contribution is -2.16. The van der Waals surface area contributed by atoms with Crippen LogP contribution in [-0.4, -0.2) is 23.1 Å². The number of halogens is 1. The molecule has 0 radical (unpaired) electrons. The number of aromatic amines is 1. The molecule has 1 aromatic heterocycles. The van der Waals surface area contributed by atoms with Crippen molar-refractivity contribution < 1.29 is 0 Å². The predicted molar refractivity (Wildman–Crippen MR) is 46.1 cm³/mol. The fourth-order valence-electron chi connectivity index (χ4n) is 1.33.